The van der Waals surface area contributed by atoms with Gasteiger partial charge < -0.3 is 14.6 Å². The fourth-order valence-electron chi connectivity index (χ4n) is 4.64. The molecule has 0 aliphatic carbocycles. The molecule has 2 heterocycles. The van der Waals surface area contributed by atoms with Gasteiger partial charge in [-0.2, -0.15) is 0 Å². The second-order valence-electron chi connectivity index (χ2n) is 8.21. The number of nitrogens with zero attached hydrogens (tertiary/aromatic N) is 3. The maximum atomic E-state index is 11.0. The Hall–Kier alpha value is -2.24. The molecule has 1 aromatic heterocycles. The number of aliphatic hydroxyl groups is 1. The number of aromatic nitrogens is 1. The lowest BCUT2D eigenvalue weighted by Gasteiger charge is -2.37. The third-order valence-electron chi connectivity index (χ3n) is 6.14. The van der Waals surface area contributed by atoms with Crippen molar-refractivity contribution >= 4 is 50.7 Å². The normalized spacial score (nSPS) is 16.3. The van der Waals surface area contributed by atoms with Crippen LogP contribution in [0.15, 0.2) is 66.7 Å². The number of anilines is 1. The van der Waals surface area contributed by atoms with Gasteiger partial charge in [-0.05, 0) is 48.5 Å². The lowest BCUT2D eigenvalue weighted by molar-refractivity contribution is 0.0969. The van der Waals surface area contributed by atoms with E-state index in [9.17, 15) is 5.11 Å². The van der Waals surface area contributed by atoms with Crippen LogP contribution in [0, 0.1) is 0 Å². The van der Waals surface area contributed by atoms with E-state index in [1.165, 1.54) is 5.69 Å². The summed E-state index contributed by atoms with van der Waals surface area (Å²) >= 11 is 12.5. The second kappa shape index (κ2) is 8.71. The number of benzene rings is 3. The Bertz CT molecular complexity index is 1140. The molecule has 1 N–H and O–H groups in total. The Labute approximate surface area is 192 Å². The Balaban J connectivity index is 1.31. The Morgan fingerprint density at radius 3 is 1.90 bits per heavy atom. The average molecular weight is 454 g/mol. The van der Waals surface area contributed by atoms with Crippen LogP contribution in [0.2, 0.25) is 10.0 Å². The number of para-hydroxylation sites is 1. The summed E-state index contributed by atoms with van der Waals surface area (Å²) in [5.41, 5.74) is 3.40. The molecule has 1 fully saturated rings. The lowest BCUT2D eigenvalue weighted by Crippen LogP contribution is -2.49. The second-order valence-corrected chi connectivity index (χ2v) is 9.08. The first kappa shape index (κ1) is 20.7. The molecule has 1 atom stereocenters. The number of rotatable bonds is 5. The van der Waals surface area contributed by atoms with Crippen LogP contribution in [0.1, 0.15) is 0 Å². The maximum Gasteiger partial charge on any atom is 0.0845 e. The van der Waals surface area contributed by atoms with E-state index < -0.39 is 6.10 Å². The first-order valence-corrected chi connectivity index (χ1v) is 11.4. The molecular weight excluding hydrogens is 429 g/mol. The third kappa shape index (κ3) is 4.26. The van der Waals surface area contributed by atoms with Crippen LogP contribution < -0.4 is 4.90 Å². The Kier molecular flexibility index (Phi) is 5.81. The summed E-state index contributed by atoms with van der Waals surface area (Å²) in [7, 11) is 0. The molecule has 0 spiro atoms. The van der Waals surface area contributed by atoms with Gasteiger partial charge in [0.05, 0.1) is 12.6 Å². The molecule has 4 aromatic rings. The van der Waals surface area contributed by atoms with E-state index in [0.717, 1.165) is 48.0 Å². The number of piperazine rings is 1. The van der Waals surface area contributed by atoms with E-state index in [1.807, 2.05) is 42.5 Å². The summed E-state index contributed by atoms with van der Waals surface area (Å²) in [5.74, 6) is 0. The summed E-state index contributed by atoms with van der Waals surface area (Å²) in [5, 5.41) is 14.5. The van der Waals surface area contributed by atoms with Crippen molar-refractivity contribution in [2.75, 3.05) is 37.6 Å². The highest BCUT2D eigenvalue weighted by molar-refractivity contribution is 6.33. The molecule has 3 aromatic carbocycles. The van der Waals surface area contributed by atoms with Crippen LogP contribution in [0.25, 0.3) is 21.8 Å². The van der Waals surface area contributed by atoms with Gasteiger partial charge in [0, 0.05) is 70.3 Å². The van der Waals surface area contributed by atoms with Gasteiger partial charge in [0.15, 0.2) is 0 Å². The highest BCUT2D eigenvalue weighted by atomic mass is 35.5. The summed E-state index contributed by atoms with van der Waals surface area (Å²) in [6.45, 7) is 5.04. The van der Waals surface area contributed by atoms with Crippen molar-refractivity contribution in [1.29, 1.82) is 0 Å². The van der Waals surface area contributed by atoms with E-state index in [0.29, 0.717) is 23.1 Å². The van der Waals surface area contributed by atoms with Gasteiger partial charge in [0.1, 0.15) is 0 Å². The fourth-order valence-corrected chi connectivity index (χ4v) is 4.98. The van der Waals surface area contributed by atoms with Crippen molar-refractivity contribution in [1.82, 2.24) is 9.47 Å². The van der Waals surface area contributed by atoms with Crippen molar-refractivity contribution in [2.24, 2.45) is 0 Å². The minimum atomic E-state index is -0.464. The van der Waals surface area contributed by atoms with Gasteiger partial charge in [-0.3, -0.25) is 4.90 Å². The Morgan fingerprint density at radius 2 is 1.32 bits per heavy atom. The van der Waals surface area contributed by atoms with E-state index in [2.05, 4.69) is 38.6 Å². The lowest BCUT2D eigenvalue weighted by atomic mass is 10.1. The smallest absolute Gasteiger partial charge is 0.0845 e. The zero-order chi connectivity index (χ0) is 21.4. The van der Waals surface area contributed by atoms with Crippen LogP contribution in [0.3, 0.4) is 0 Å². The Morgan fingerprint density at radius 1 is 0.742 bits per heavy atom. The predicted octanol–water partition coefficient (Wildman–Crippen LogP) is 5.28. The fraction of sp³-hybridized carbons (Fsp3) is 0.280. The van der Waals surface area contributed by atoms with Crippen molar-refractivity contribution in [3.8, 4) is 0 Å². The van der Waals surface area contributed by atoms with Gasteiger partial charge in [-0.15, -0.1) is 0 Å². The third-order valence-corrected chi connectivity index (χ3v) is 6.62. The number of β-amino-alcohol motifs (C(OH)–C–C–N with tert-alkyl or cyclic N) is 1. The van der Waals surface area contributed by atoms with Crippen LogP contribution >= 0.6 is 23.2 Å². The van der Waals surface area contributed by atoms with Gasteiger partial charge in [-0.25, -0.2) is 0 Å². The van der Waals surface area contributed by atoms with E-state index >= 15 is 0 Å². The summed E-state index contributed by atoms with van der Waals surface area (Å²) in [4.78, 5) is 4.76. The van der Waals surface area contributed by atoms with Gasteiger partial charge in [-0.1, -0.05) is 41.4 Å². The molecule has 1 unspecified atom stereocenters. The standard InChI is InChI=1S/C25H25Cl2N3O/c26-18-6-8-24-22(14-18)23-15-19(27)7-9-25(23)30(24)17-21(31)16-28-10-12-29(13-11-28)20-4-2-1-3-5-20/h1-9,14-15,21,31H,10-13,16-17H2. The van der Waals surface area contributed by atoms with Gasteiger partial charge in [0.25, 0.3) is 0 Å². The number of aliphatic hydroxyl groups excluding tert-OH is 1. The average Bonchev–Trinajstić information content (AvgIpc) is 3.07. The van der Waals surface area contributed by atoms with Crippen molar-refractivity contribution in [3.05, 3.63) is 76.8 Å². The molecule has 0 bridgehead atoms. The molecule has 5 rings (SSSR count). The van der Waals surface area contributed by atoms with Crippen molar-refractivity contribution in [3.63, 3.8) is 0 Å². The molecule has 1 aliphatic rings. The van der Waals surface area contributed by atoms with Crippen LogP contribution in [-0.2, 0) is 6.54 Å². The molecule has 1 aliphatic heterocycles. The zero-order valence-electron chi connectivity index (χ0n) is 17.2. The highest BCUT2D eigenvalue weighted by Crippen LogP contribution is 2.33. The molecular formula is C25H25Cl2N3O. The largest absolute Gasteiger partial charge is 0.390 e. The molecule has 0 amide bonds. The minimum Gasteiger partial charge on any atom is -0.390 e. The van der Waals surface area contributed by atoms with E-state index in [-0.39, 0.29) is 0 Å². The number of hydrogen-bond acceptors (Lipinski definition) is 3. The SMILES string of the molecule is OC(CN1CCN(c2ccccc2)CC1)Cn1c2ccc(Cl)cc2c2cc(Cl)ccc21. The monoisotopic (exact) mass is 453 g/mol. The molecule has 6 heteroatoms. The van der Waals surface area contributed by atoms with Crippen LogP contribution in [-0.4, -0.2) is 53.4 Å². The first-order valence-electron chi connectivity index (χ1n) is 10.7. The number of halogens is 2. The van der Waals surface area contributed by atoms with Crippen molar-refractivity contribution in [2.45, 2.75) is 12.6 Å². The highest BCUT2D eigenvalue weighted by Gasteiger charge is 2.21. The summed E-state index contributed by atoms with van der Waals surface area (Å²) < 4.78 is 2.18. The van der Waals surface area contributed by atoms with Crippen molar-refractivity contribution < 1.29 is 5.11 Å². The quantitative estimate of drug-likeness (QED) is 0.445. The molecule has 160 valence electrons. The van der Waals surface area contributed by atoms with Crippen LogP contribution in [0.4, 0.5) is 5.69 Å². The minimum absolute atomic E-state index is 0.464. The number of hydrogen-bond donors (Lipinski definition) is 1. The topological polar surface area (TPSA) is 31.6 Å². The summed E-state index contributed by atoms with van der Waals surface area (Å²) in [6, 6.07) is 22.3. The number of fused-ring (bicyclic) bond motifs is 3. The molecule has 1 saturated heterocycles. The maximum absolute atomic E-state index is 11.0. The summed E-state index contributed by atoms with van der Waals surface area (Å²) in [6.07, 6.45) is -0.464. The van der Waals surface area contributed by atoms with Gasteiger partial charge in [0.2, 0.25) is 0 Å². The van der Waals surface area contributed by atoms with E-state index in [4.69, 9.17) is 23.2 Å². The molecule has 0 saturated carbocycles. The molecule has 0 radical (unpaired) electrons. The first-order chi connectivity index (χ1) is 15.1. The zero-order valence-corrected chi connectivity index (χ0v) is 18.7. The molecule has 31 heavy (non-hydrogen) atoms. The van der Waals surface area contributed by atoms with Gasteiger partial charge >= 0.3 is 0 Å². The molecule has 4 nitrogen and oxygen atoms in total. The van der Waals surface area contributed by atoms with Crippen LogP contribution in [0.5, 0.6) is 0 Å². The predicted molar refractivity (Wildman–Crippen MR) is 131 cm³/mol. The van der Waals surface area contributed by atoms with E-state index in [1.54, 1.807) is 0 Å².